The SMILES string of the molecule is CC(C)NCCC(=O)NCCc1ccc(C(=O)O)cc1. The van der Waals surface area contributed by atoms with Crippen LogP contribution < -0.4 is 10.6 Å². The lowest BCUT2D eigenvalue weighted by atomic mass is 10.1. The third kappa shape index (κ3) is 6.33. The Morgan fingerprint density at radius 3 is 2.35 bits per heavy atom. The van der Waals surface area contributed by atoms with Crippen LogP contribution in [0.2, 0.25) is 0 Å². The van der Waals surface area contributed by atoms with Gasteiger partial charge in [0.15, 0.2) is 0 Å². The predicted octanol–water partition coefficient (Wildman–Crippen LogP) is 1.43. The Hall–Kier alpha value is -1.88. The highest BCUT2D eigenvalue weighted by Crippen LogP contribution is 2.04. The third-order valence-corrected chi connectivity index (χ3v) is 2.84. The summed E-state index contributed by atoms with van der Waals surface area (Å²) < 4.78 is 0. The molecule has 0 spiro atoms. The summed E-state index contributed by atoms with van der Waals surface area (Å²) in [5.74, 6) is -0.900. The monoisotopic (exact) mass is 278 g/mol. The Kier molecular flexibility index (Phi) is 6.73. The van der Waals surface area contributed by atoms with Gasteiger partial charge in [0.25, 0.3) is 0 Å². The standard InChI is InChI=1S/C15H22N2O3/c1-11(2)16-10-8-14(18)17-9-7-12-3-5-13(6-4-12)15(19)20/h3-6,11,16H,7-10H2,1-2H3,(H,17,18)(H,19,20). The Balaban J connectivity index is 2.23. The van der Waals surface area contributed by atoms with E-state index in [1.165, 1.54) is 0 Å². The van der Waals surface area contributed by atoms with E-state index in [0.717, 1.165) is 5.56 Å². The fraction of sp³-hybridized carbons (Fsp3) is 0.467. The van der Waals surface area contributed by atoms with E-state index in [2.05, 4.69) is 10.6 Å². The number of hydrogen-bond acceptors (Lipinski definition) is 3. The molecule has 0 saturated heterocycles. The van der Waals surface area contributed by atoms with Gasteiger partial charge in [-0.2, -0.15) is 0 Å². The van der Waals surface area contributed by atoms with Gasteiger partial charge in [0.1, 0.15) is 0 Å². The topological polar surface area (TPSA) is 78.4 Å². The van der Waals surface area contributed by atoms with Gasteiger partial charge in [-0.25, -0.2) is 4.79 Å². The van der Waals surface area contributed by atoms with Crippen LogP contribution in [0.3, 0.4) is 0 Å². The number of hydrogen-bond donors (Lipinski definition) is 3. The smallest absolute Gasteiger partial charge is 0.335 e. The van der Waals surface area contributed by atoms with Crippen LogP contribution in [0, 0.1) is 0 Å². The molecule has 0 bridgehead atoms. The zero-order valence-corrected chi connectivity index (χ0v) is 12.0. The van der Waals surface area contributed by atoms with Crippen LogP contribution in [0.4, 0.5) is 0 Å². The summed E-state index contributed by atoms with van der Waals surface area (Å²) in [7, 11) is 0. The first-order valence-corrected chi connectivity index (χ1v) is 6.81. The number of amides is 1. The zero-order chi connectivity index (χ0) is 15.0. The van der Waals surface area contributed by atoms with Crippen LogP contribution in [0.1, 0.15) is 36.2 Å². The average molecular weight is 278 g/mol. The van der Waals surface area contributed by atoms with E-state index in [1.54, 1.807) is 24.3 Å². The minimum absolute atomic E-state index is 0.0281. The maximum absolute atomic E-state index is 11.5. The van der Waals surface area contributed by atoms with Crippen molar-refractivity contribution < 1.29 is 14.7 Å². The van der Waals surface area contributed by atoms with Crippen molar-refractivity contribution in [3.8, 4) is 0 Å². The molecule has 3 N–H and O–H groups in total. The van der Waals surface area contributed by atoms with Crippen molar-refractivity contribution in [2.45, 2.75) is 32.7 Å². The second-order valence-electron chi connectivity index (χ2n) is 4.96. The normalized spacial score (nSPS) is 10.6. The Morgan fingerprint density at radius 2 is 1.80 bits per heavy atom. The van der Waals surface area contributed by atoms with E-state index < -0.39 is 5.97 Å². The molecule has 0 fully saturated rings. The van der Waals surface area contributed by atoms with Crippen molar-refractivity contribution in [3.05, 3.63) is 35.4 Å². The van der Waals surface area contributed by atoms with Gasteiger partial charge in [-0.05, 0) is 24.1 Å². The summed E-state index contributed by atoms with van der Waals surface area (Å²) in [5.41, 5.74) is 1.29. The van der Waals surface area contributed by atoms with Gasteiger partial charge < -0.3 is 15.7 Å². The number of carbonyl (C=O) groups is 2. The van der Waals surface area contributed by atoms with E-state index in [-0.39, 0.29) is 11.5 Å². The molecule has 1 aromatic rings. The van der Waals surface area contributed by atoms with Gasteiger partial charge in [-0.3, -0.25) is 4.79 Å². The van der Waals surface area contributed by atoms with E-state index in [9.17, 15) is 9.59 Å². The summed E-state index contributed by atoms with van der Waals surface area (Å²) in [6.45, 7) is 5.32. The van der Waals surface area contributed by atoms with Crippen molar-refractivity contribution in [2.24, 2.45) is 0 Å². The van der Waals surface area contributed by atoms with Gasteiger partial charge >= 0.3 is 5.97 Å². The summed E-state index contributed by atoms with van der Waals surface area (Å²) in [6, 6.07) is 7.08. The second-order valence-corrected chi connectivity index (χ2v) is 4.96. The lowest BCUT2D eigenvalue weighted by Gasteiger charge is -2.08. The Labute approximate surface area is 119 Å². The number of benzene rings is 1. The molecule has 0 atom stereocenters. The fourth-order valence-corrected chi connectivity index (χ4v) is 1.72. The lowest BCUT2D eigenvalue weighted by molar-refractivity contribution is -0.120. The number of carboxylic acid groups (broad SMARTS) is 1. The van der Waals surface area contributed by atoms with Crippen molar-refractivity contribution >= 4 is 11.9 Å². The molecule has 0 heterocycles. The predicted molar refractivity (Wildman–Crippen MR) is 77.9 cm³/mol. The van der Waals surface area contributed by atoms with Crippen LogP contribution in [0.25, 0.3) is 0 Å². The minimum atomic E-state index is -0.928. The maximum atomic E-state index is 11.5. The number of carbonyl (C=O) groups excluding carboxylic acids is 1. The minimum Gasteiger partial charge on any atom is -0.478 e. The largest absolute Gasteiger partial charge is 0.478 e. The first-order chi connectivity index (χ1) is 9.49. The van der Waals surface area contributed by atoms with Crippen LogP contribution >= 0.6 is 0 Å². The molecule has 0 aromatic heterocycles. The molecule has 5 nitrogen and oxygen atoms in total. The molecule has 0 unspecified atom stereocenters. The van der Waals surface area contributed by atoms with Crippen molar-refractivity contribution in [3.63, 3.8) is 0 Å². The van der Waals surface area contributed by atoms with E-state index in [1.807, 2.05) is 13.8 Å². The summed E-state index contributed by atoms with van der Waals surface area (Å²) in [6.07, 6.45) is 1.17. The van der Waals surface area contributed by atoms with Crippen molar-refractivity contribution in [2.75, 3.05) is 13.1 Å². The molecule has 1 rings (SSSR count). The summed E-state index contributed by atoms with van der Waals surface area (Å²) in [4.78, 5) is 22.2. The third-order valence-electron chi connectivity index (χ3n) is 2.84. The highest BCUT2D eigenvalue weighted by Gasteiger charge is 2.03. The first kappa shape index (κ1) is 16.2. The molecule has 1 aromatic carbocycles. The lowest BCUT2D eigenvalue weighted by Crippen LogP contribution is -2.31. The molecular weight excluding hydrogens is 256 g/mol. The zero-order valence-electron chi connectivity index (χ0n) is 12.0. The average Bonchev–Trinajstić information content (AvgIpc) is 2.39. The van der Waals surface area contributed by atoms with Crippen molar-refractivity contribution in [1.82, 2.24) is 10.6 Å². The number of carboxylic acids is 1. The number of nitrogens with one attached hydrogen (secondary N) is 2. The molecule has 0 aliphatic carbocycles. The second kappa shape index (κ2) is 8.32. The van der Waals surface area contributed by atoms with Gasteiger partial charge in [-0.15, -0.1) is 0 Å². The molecular formula is C15H22N2O3. The Morgan fingerprint density at radius 1 is 1.15 bits per heavy atom. The molecule has 1 amide bonds. The van der Waals surface area contributed by atoms with Crippen LogP contribution in [0.5, 0.6) is 0 Å². The molecule has 20 heavy (non-hydrogen) atoms. The van der Waals surface area contributed by atoms with Crippen LogP contribution in [0.15, 0.2) is 24.3 Å². The van der Waals surface area contributed by atoms with Gasteiger partial charge in [0.05, 0.1) is 5.56 Å². The van der Waals surface area contributed by atoms with E-state index in [0.29, 0.717) is 32.0 Å². The van der Waals surface area contributed by atoms with Crippen molar-refractivity contribution in [1.29, 1.82) is 0 Å². The van der Waals surface area contributed by atoms with Crippen LogP contribution in [-0.2, 0) is 11.2 Å². The van der Waals surface area contributed by atoms with Gasteiger partial charge in [0, 0.05) is 25.6 Å². The summed E-state index contributed by atoms with van der Waals surface area (Å²) in [5, 5.41) is 14.8. The van der Waals surface area contributed by atoms with Gasteiger partial charge in [-0.1, -0.05) is 26.0 Å². The molecule has 0 radical (unpaired) electrons. The van der Waals surface area contributed by atoms with E-state index >= 15 is 0 Å². The van der Waals surface area contributed by atoms with E-state index in [4.69, 9.17) is 5.11 Å². The highest BCUT2D eigenvalue weighted by atomic mass is 16.4. The molecule has 0 aliphatic rings. The highest BCUT2D eigenvalue weighted by molar-refractivity contribution is 5.87. The molecule has 5 heteroatoms. The molecule has 110 valence electrons. The quantitative estimate of drug-likeness (QED) is 0.672. The maximum Gasteiger partial charge on any atom is 0.335 e. The van der Waals surface area contributed by atoms with Crippen LogP contribution in [-0.4, -0.2) is 36.1 Å². The van der Waals surface area contributed by atoms with Gasteiger partial charge in [0.2, 0.25) is 5.91 Å². The number of rotatable bonds is 8. The first-order valence-electron chi connectivity index (χ1n) is 6.81. The molecule has 0 aliphatic heterocycles. The fourth-order valence-electron chi connectivity index (χ4n) is 1.72. The summed E-state index contributed by atoms with van der Waals surface area (Å²) >= 11 is 0. The number of aromatic carboxylic acids is 1. The molecule has 0 saturated carbocycles. The Bertz CT molecular complexity index is 441.